The van der Waals surface area contributed by atoms with Crippen LogP contribution in [-0.4, -0.2) is 33.5 Å². The van der Waals surface area contributed by atoms with Crippen molar-refractivity contribution in [2.45, 2.75) is 19.9 Å². The Hall–Kier alpha value is -4.12. The maximum Gasteiger partial charge on any atom is 0.150 e. The van der Waals surface area contributed by atoms with Gasteiger partial charge in [0, 0.05) is 52.4 Å². The summed E-state index contributed by atoms with van der Waals surface area (Å²) in [5, 5.41) is 22.3. The number of nitrogens with one attached hydrogen (secondary N) is 2. The maximum absolute atomic E-state index is 10.8. The van der Waals surface area contributed by atoms with Gasteiger partial charge in [-0.15, -0.1) is 0 Å². The molecule has 0 aliphatic carbocycles. The van der Waals surface area contributed by atoms with Gasteiger partial charge in [0.25, 0.3) is 0 Å². The number of nitrogens with zero attached hydrogens (tertiary/aromatic N) is 4. The Morgan fingerprint density at radius 3 is 2.77 bits per heavy atom. The lowest BCUT2D eigenvalue weighted by Crippen LogP contribution is -2.05. The number of nitriles is 1. The highest BCUT2D eigenvalue weighted by molar-refractivity contribution is 6.31. The summed E-state index contributed by atoms with van der Waals surface area (Å²) in [6.45, 7) is 2.75. The highest BCUT2D eigenvalue weighted by Gasteiger charge is 2.08. The second kappa shape index (κ2) is 10.9. The van der Waals surface area contributed by atoms with E-state index in [-0.39, 0.29) is 0 Å². The van der Waals surface area contributed by atoms with E-state index in [1.165, 1.54) is 0 Å². The van der Waals surface area contributed by atoms with Crippen molar-refractivity contribution >= 4 is 39.7 Å². The third kappa shape index (κ3) is 5.69. The third-order valence-corrected chi connectivity index (χ3v) is 5.65. The number of aldehydes is 1. The number of halogens is 1. The summed E-state index contributed by atoms with van der Waals surface area (Å²) >= 11 is 5.89. The van der Waals surface area contributed by atoms with Gasteiger partial charge in [-0.05, 0) is 73.6 Å². The molecule has 3 aromatic heterocycles. The summed E-state index contributed by atoms with van der Waals surface area (Å²) in [6, 6.07) is 17.2. The molecule has 3 heterocycles. The van der Waals surface area contributed by atoms with E-state index in [9.17, 15) is 10.1 Å². The predicted molar refractivity (Wildman–Crippen MR) is 137 cm³/mol. The number of aryl methyl sites for hydroxylation is 1. The van der Waals surface area contributed by atoms with Gasteiger partial charge in [-0.2, -0.15) is 10.4 Å². The van der Waals surface area contributed by atoms with Crippen molar-refractivity contribution in [3.05, 3.63) is 99.6 Å². The number of fused-ring (bicyclic) bond motifs is 2. The van der Waals surface area contributed by atoms with Crippen LogP contribution < -0.4 is 5.32 Å². The van der Waals surface area contributed by atoms with Crippen LogP contribution in [0.1, 0.15) is 38.4 Å². The molecule has 2 aromatic carbocycles. The molecule has 0 atom stereocenters. The number of aromatic amines is 1. The van der Waals surface area contributed by atoms with Crippen molar-refractivity contribution in [2.24, 2.45) is 0 Å². The summed E-state index contributed by atoms with van der Waals surface area (Å²) < 4.78 is 0. The number of pyridine rings is 2. The summed E-state index contributed by atoms with van der Waals surface area (Å²) in [4.78, 5) is 19.5. The fourth-order valence-electron chi connectivity index (χ4n) is 3.83. The first kappa shape index (κ1) is 24.0. The van der Waals surface area contributed by atoms with Crippen LogP contribution in [0.25, 0.3) is 21.8 Å². The molecular formula is C27H23ClN6O. The number of H-pyrrole nitrogens is 1. The van der Waals surface area contributed by atoms with Crippen molar-refractivity contribution in [2.75, 3.05) is 7.05 Å². The number of hydrogen-bond acceptors (Lipinski definition) is 6. The van der Waals surface area contributed by atoms with Gasteiger partial charge < -0.3 is 5.32 Å². The fraction of sp³-hybridized carbons (Fsp3) is 0.148. The molecule has 8 heteroatoms. The second-order valence-corrected chi connectivity index (χ2v) is 8.55. The average Bonchev–Trinajstić information content (AvgIpc) is 3.26. The Morgan fingerprint density at radius 1 is 1.14 bits per heavy atom. The first-order chi connectivity index (χ1) is 17.0. The van der Waals surface area contributed by atoms with Crippen molar-refractivity contribution < 1.29 is 4.79 Å². The number of aromatic nitrogens is 4. The molecule has 0 fully saturated rings. The molecule has 0 bridgehead atoms. The molecule has 0 aliphatic heterocycles. The average molecular weight is 483 g/mol. The van der Waals surface area contributed by atoms with Crippen LogP contribution in [0.4, 0.5) is 0 Å². The molecule has 5 rings (SSSR count). The van der Waals surface area contributed by atoms with Crippen molar-refractivity contribution in [3.63, 3.8) is 0 Å². The van der Waals surface area contributed by atoms with Crippen LogP contribution in [0, 0.1) is 18.3 Å². The molecule has 0 amide bonds. The van der Waals surface area contributed by atoms with E-state index >= 15 is 0 Å². The Labute approximate surface area is 207 Å². The SMILES string of the molecule is CNCc1[nH]nc2ccc(Cl)cc12.Cc1cnc2c(C#N)cc(Cc3cc(C=O)ccn3)cc2c1. The number of hydrogen-bond donors (Lipinski definition) is 2. The largest absolute Gasteiger partial charge is 0.314 e. The lowest BCUT2D eigenvalue weighted by Gasteiger charge is -2.06. The van der Waals surface area contributed by atoms with E-state index in [0.717, 1.165) is 56.7 Å². The first-order valence-electron chi connectivity index (χ1n) is 11.0. The van der Waals surface area contributed by atoms with E-state index < -0.39 is 0 Å². The van der Waals surface area contributed by atoms with Crippen LogP contribution in [0.2, 0.25) is 5.02 Å². The number of carbonyl (C=O) groups is 1. The summed E-state index contributed by atoms with van der Waals surface area (Å²) in [6.07, 6.45) is 4.76. The Kier molecular flexibility index (Phi) is 7.46. The first-order valence-corrected chi connectivity index (χ1v) is 11.3. The second-order valence-electron chi connectivity index (χ2n) is 8.11. The highest BCUT2D eigenvalue weighted by Crippen LogP contribution is 2.22. The molecule has 0 unspecified atom stereocenters. The smallest absolute Gasteiger partial charge is 0.150 e. The van der Waals surface area contributed by atoms with E-state index in [0.29, 0.717) is 23.1 Å². The quantitative estimate of drug-likeness (QED) is 0.335. The highest BCUT2D eigenvalue weighted by atomic mass is 35.5. The van der Waals surface area contributed by atoms with Crippen molar-refractivity contribution in [1.82, 2.24) is 25.5 Å². The standard InChI is InChI=1S/C18H13N3O.C9H10ClN3/c1-12-4-15-5-14(6-16(9-19)18(15)21-10-12)8-17-7-13(11-22)2-3-20-17;1-11-5-9-7-4-6(10)2-3-8(7)12-13-9/h2-7,10-11H,8H2,1H3;2-4,11H,5H2,1H3,(H,12,13). The maximum atomic E-state index is 10.8. The molecular weight excluding hydrogens is 460 g/mol. The van der Waals surface area contributed by atoms with E-state index in [4.69, 9.17) is 11.6 Å². The zero-order valence-corrected chi connectivity index (χ0v) is 20.1. The van der Waals surface area contributed by atoms with Crippen molar-refractivity contribution in [1.29, 1.82) is 5.26 Å². The van der Waals surface area contributed by atoms with Gasteiger partial charge in [-0.1, -0.05) is 11.6 Å². The molecule has 2 N–H and O–H groups in total. The molecule has 0 aliphatic rings. The minimum atomic E-state index is 0.555. The number of benzene rings is 2. The van der Waals surface area contributed by atoms with Crippen molar-refractivity contribution in [3.8, 4) is 6.07 Å². The Balaban J connectivity index is 0.000000189. The van der Waals surface area contributed by atoms with Gasteiger partial charge in [-0.25, -0.2) is 0 Å². The van der Waals surface area contributed by atoms with Gasteiger partial charge >= 0.3 is 0 Å². The Morgan fingerprint density at radius 2 is 2.00 bits per heavy atom. The van der Waals surface area contributed by atoms with Crippen LogP contribution in [-0.2, 0) is 13.0 Å². The van der Waals surface area contributed by atoms with Gasteiger partial charge in [0.1, 0.15) is 12.4 Å². The lowest BCUT2D eigenvalue weighted by atomic mass is 10.0. The van der Waals surface area contributed by atoms with Gasteiger partial charge in [-0.3, -0.25) is 19.9 Å². The summed E-state index contributed by atoms with van der Waals surface area (Å²) in [5.41, 5.74) is 6.72. The van der Waals surface area contributed by atoms with Crippen LogP contribution in [0.15, 0.2) is 60.9 Å². The van der Waals surface area contributed by atoms with Crippen LogP contribution in [0.5, 0.6) is 0 Å². The molecule has 0 saturated heterocycles. The van der Waals surface area contributed by atoms with E-state index in [2.05, 4.69) is 31.6 Å². The molecule has 174 valence electrons. The number of rotatable bonds is 5. The third-order valence-electron chi connectivity index (χ3n) is 5.41. The predicted octanol–water partition coefficient (Wildman–Crippen LogP) is 5.15. The van der Waals surface area contributed by atoms with Gasteiger partial charge in [0.15, 0.2) is 0 Å². The van der Waals surface area contributed by atoms with E-state index in [1.54, 1.807) is 24.5 Å². The zero-order valence-electron chi connectivity index (χ0n) is 19.3. The fourth-order valence-corrected chi connectivity index (χ4v) is 4.00. The molecule has 35 heavy (non-hydrogen) atoms. The van der Waals surface area contributed by atoms with Gasteiger partial charge in [0.05, 0.1) is 22.3 Å². The van der Waals surface area contributed by atoms with E-state index in [1.807, 2.05) is 50.4 Å². The van der Waals surface area contributed by atoms with Gasteiger partial charge in [0.2, 0.25) is 0 Å². The normalized spacial score (nSPS) is 10.6. The zero-order chi connectivity index (χ0) is 24.8. The molecule has 0 saturated carbocycles. The lowest BCUT2D eigenvalue weighted by molar-refractivity contribution is 0.112. The monoisotopic (exact) mass is 482 g/mol. The van der Waals surface area contributed by atoms with Crippen LogP contribution >= 0.6 is 11.6 Å². The van der Waals surface area contributed by atoms with Crippen LogP contribution in [0.3, 0.4) is 0 Å². The molecule has 5 aromatic rings. The molecule has 7 nitrogen and oxygen atoms in total. The topological polar surface area (TPSA) is 107 Å². The minimum absolute atomic E-state index is 0.555. The Bertz CT molecular complexity index is 1550. The summed E-state index contributed by atoms with van der Waals surface area (Å²) in [7, 11) is 1.90. The summed E-state index contributed by atoms with van der Waals surface area (Å²) in [5.74, 6) is 0. The molecule has 0 radical (unpaired) electrons. The minimum Gasteiger partial charge on any atom is -0.314 e. The number of carbonyl (C=O) groups excluding carboxylic acids is 1. The molecule has 0 spiro atoms.